The molecule has 0 aliphatic rings. The highest BCUT2D eigenvalue weighted by molar-refractivity contribution is 6.42. The highest BCUT2D eigenvalue weighted by Crippen LogP contribution is 2.24. The number of Topliss-reactive ketones (excluding diaryl/α,β-unsaturated/α-hetero) is 1. The molecule has 0 fully saturated rings. The maximum Gasteiger partial charge on any atom is 0.306 e. The molecule has 0 unspecified atom stereocenters. The third kappa shape index (κ3) is 7.85. The lowest BCUT2D eigenvalue weighted by Gasteiger charge is -2.08. The molecule has 2 aromatic rings. The van der Waals surface area contributed by atoms with Crippen LogP contribution in [0.25, 0.3) is 0 Å². The van der Waals surface area contributed by atoms with Crippen molar-refractivity contribution < 1.29 is 23.9 Å². The summed E-state index contributed by atoms with van der Waals surface area (Å²) in [4.78, 5) is 46.7. The van der Waals surface area contributed by atoms with E-state index >= 15 is 0 Å². The fourth-order valence-corrected chi connectivity index (χ4v) is 2.69. The molecule has 30 heavy (non-hydrogen) atoms. The molecule has 2 N–H and O–H groups in total. The van der Waals surface area contributed by atoms with Crippen molar-refractivity contribution in [2.45, 2.75) is 26.2 Å². The maximum atomic E-state index is 11.9. The summed E-state index contributed by atoms with van der Waals surface area (Å²) in [7, 11) is 0. The van der Waals surface area contributed by atoms with Crippen molar-refractivity contribution in [2.24, 2.45) is 0 Å². The number of carbonyl (C=O) groups is 4. The van der Waals surface area contributed by atoms with E-state index in [1.54, 1.807) is 30.3 Å². The molecule has 0 aliphatic carbocycles. The minimum Gasteiger partial charge on any atom is -0.456 e. The van der Waals surface area contributed by atoms with Gasteiger partial charge < -0.3 is 15.4 Å². The van der Waals surface area contributed by atoms with E-state index in [1.165, 1.54) is 19.1 Å². The zero-order valence-electron chi connectivity index (χ0n) is 16.2. The third-order valence-electron chi connectivity index (χ3n) is 3.93. The topological polar surface area (TPSA) is 102 Å². The first-order valence-electron chi connectivity index (χ1n) is 9.06. The Balaban J connectivity index is 1.65. The molecule has 7 nitrogen and oxygen atoms in total. The SMILES string of the molecule is CC(=O)c1ccc(NC(=O)CCCC(=O)OCC(=O)Nc2ccc(Cl)c(Cl)c2)cc1. The number of rotatable bonds is 9. The Bertz CT molecular complexity index is 945. The number of nitrogens with one attached hydrogen (secondary N) is 2. The van der Waals surface area contributed by atoms with Gasteiger partial charge in [-0.2, -0.15) is 0 Å². The minimum atomic E-state index is -0.585. The lowest BCUT2D eigenvalue weighted by Crippen LogP contribution is -2.21. The fraction of sp³-hybridized carbons (Fsp3) is 0.238. The van der Waals surface area contributed by atoms with E-state index in [0.717, 1.165) is 0 Å². The van der Waals surface area contributed by atoms with Crippen LogP contribution in [0.2, 0.25) is 10.0 Å². The lowest BCUT2D eigenvalue weighted by atomic mass is 10.1. The van der Waals surface area contributed by atoms with Gasteiger partial charge in [0.25, 0.3) is 5.91 Å². The largest absolute Gasteiger partial charge is 0.456 e. The Morgan fingerprint density at radius 1 is 0.833 bits per heavy atom. The number of hydrogen-bond acceptors (Lipinski definition) is 5. The third-order valence-corrected chi connectivity index (χ3v) is 4.67. The number of hydrogen-bond donors (Lipinski definition) is 2. The van der Waals surface area contributed by atoms with E-state index in [2.05, 4.69) is 10.6 Å². The van der Waals surface area contributed by atoms with Crippen LogP contribution in [0.4, 0.5) is 11.4 Å². The first kappa shape index (κ1) is 23.4. The molecule has 0 radical (unpaired) electrons. The molecular weight excluding hydrogens is 431 g/mol. The van der Waals surface area contributed by atoms with Gasteiger partial charge in [0.15, 0.2) is 12.4 Å². The molecule has 9 heteroatoms. The molecule has 0 saturated carbocycles. The van der Waals surface area contributed by atoms with Gasteiger partial charge in [0.1, 0.15) is 0 Å². The summed E-state index contributed by atoms with van der Waals surface area (Å²) in [5.41, 5.74) is 1.55. The molecule has 0 aliphatic heterocycles. The maximum absolute atomic E-state index is 11.9. The van der Waals surface area contributed by atoms with Crippen molar-refractivity contribution in [1.82, 2.24) is 0 Å². The minimum absolute atomic E-state index is 0.00323. The van der Waals surface area contributed by atoms with E-state index in [1.807, 2.05) is 0 Å². The predicted molar refractivity (Wildman–Crippen MR) is 115 cm³/mol. The van der Waals surface area contributed by atoms with Gasteiger partial charge in [0.2, 0.25) is 5.91 Å². The highest BCUT2D eigenvalue weighted by Gasteiger charge is 2.10. The summed E-state index contributed by atoms with van der Waals surface area (Å²) in [6.07, 6.45) is 0.375. The van der Waals surface area contributed by atoms with Gasteiger partial charge in [0.05, 0.1) is 10.0 Å². The van der Waals surface area contributed by atoms with E-state index in [9.17, 15) is 19.2 Å². The molecule has 0 aromatic heterocycles. The van der Waals surface area contributed by atoms with Crippen molar-refractivity contribution in [3.63, 3.8) is 0 Å². The second-order valence-corrected chi connectivity index (χ2v) is 7.19. The van der Waals surface area contributed by atoms with Crippen LogP contribution in [0.1, 0.15) is 36.5 Å². The number of benzene rings is 2. The number of halogens is 2. The van der Waals surface area contributed by atoms with Crippen molar-refractivity contribution in [3.8, 4) is 0 Å². The second-order valence-electron chi connectivity index (χ2n) is 6.37. The van der Waals surface area contributed by atoms with Crippen LogP contribution < -0.4 is 10.6 Å². The average molecular weight is 451 g/mol. The first-order chi connectivity index (χ1) is 14.2. The monoisotopic (exact) mass is 450 g/mol. The van der Waals surface area contributed by atoms with Gasteiger partial charge in [0, 0.05) is 29.8 Å². The van der Waals surface area contributed by atoms with E-state index in [-0.39, 0.29) is 31.0 Å². The van der Waals surface area contributed by atoms with Gasteiger partial charge in [-0.15, -0.1) is 0 Å². The fourth-order valence-electron chi connectivity index (χ4n) is 2.39. The normalized spacial score (nSPS) is 10.2. The zero-order chi connectivity index (χ0) is 22.1. The van der Waals surface area contributed by atoms with Crippen LogP contribution in [-0.2, 0) is 19.1 Å². The molecule has 0 bridgehead atoms. The molecule has 158 valence electrons. The van der Waals surface area contributed by atoms with Gasteiger partial charge in [-0.3, -0.25) is 19.2 Å². The summed E-state index contributed by atoms with van der Waals surface area (Å²) in [5, 5.41) is 5.87. The van der Waals surface area contributed by atoms with Gasteiger partial charge in [-0.05, 0) is 55.8 Å². The van der Waals surface area contributed by atoms with Gasteiger partial charge >= 0.3 is 5.97 Å². The number of amides is 2. The number of anilines is 2. The summed E-state index contributed by atoms with van der Waals surface area (Å²) >= 11 is 11.7. The first-order valence-corrected chi connectivity index (χ1v) is 9.81. The molecule has 0 atom stereocenters. The predicted octanol–water partition coefficient (Wildman–Crippen LogP) is 4.49. The molecule has 0 spiro atoms. The lowest BCUT2D eigenvalue weighted by molar-refractivity contribution is -0.147. The Hall–Kier alpha value is -2.90. The van der Waals surface area contributed by atoms with E-state index < -0.39 is 18.5 Å². The van der Waals surface area contributed by atoms with Crippen LogP contribution in [0.3, 0.4) is 0 Å². The van der Waals surface area contributed by atoms with Crippen molar-refractivity contribution >= 4 is 58.1 Å². The van der Waals surface area contributed by atoms with Crippen molar-refractivity contribution in [2.75, 3.05) is 17.2 Å². The molecule has 0 heterocycles. The van der Waals surface area contributed by atoms with Crippen LogP contribution in [0.15, 0.2) is 42.5 Å². The average Bonchev–Trinajstić information content (AvgIpc) is 2.69. The van der Waals surface area contributed by atoms with Crippen LogP contribution in [-0.4, -0.2) is 30.2 Å². The smallest absolute Gasteiger partial charge is 0.306 e. The quantitative estimate of drug-likeness (QED) is 0.432. The Labute approximate surface area is 183 Å². The number of ether oxygens (including phenoxy) is 1. The van der Waals surface area contributed by atoms with Gasteiger partial charge in [-0.25, -0.2) is 0 Å². The Morgan fingerprint density at radius 2 is 1.47 bits per heavy atom. The molecule has 0 saturated heterocycles. The summed E-state index contributed by atoms with van der Waals surface area (Å²) in [6, 6.07) is 11.1. The molecule has 2 aromatic carbocycles. The Kier molecular flexibility index (Phi) is 8.83. The summed E-state index contributed by atoms with van der Waals surface area (Å²) in [5.74, 6) is -1.43. The zero-order valence-corrected chi connectivity index (χ0v) is 17.7. The van der Waals surface area contributed by atoms with Crippen LogP contribution in [0, 0.1) is 0 Å². The van der Waals surface area contributed by atoms with Gasteiger partial charge in [-0.1, -0.05) is 23.2 Å². The van der Waals surface area contributed by atoms with Crippen LogP contribution >= 0.6 is 23.2 Å². The standard InChI is InChI=1S/C21H20Cl2N2O5/c1-13(26)14-5-7-15(8-6-14)24-19(27)3-2-4-21(29)30-12-20(28)25-16-9-10-17(22)18(23)11-16/h5-11H,2-4,12H2,1H3,(H,24,27)(H,25,28). The summed E-state index contributed by atoms with van der Waals surface area (Å²) < 4.78 is 4.89. The number of carbonyl (C=O) groups excluding carboxylic acids is 4. The van der Waals surface area contributed by atoms with Crippen molar-refractivity contribution in [3.05, 3.63) is 58.1 Å². The molecule has 2 amide bonds. The number of ketones is 1. The van der Waals surface area contributed by atoms with Crippen LogP contribution in [0.5, 0.6) is 0 Å². The second kappa shape index (κ2) is 11.3. The van der Waals surface area contributed by atoms with E-state index in [4.69, 9.17) is 27.9 Å². The summed E-state index contributed by atoms with van der Waals surface area (Å²) in [6.45, 7) is 1.01. The van der Waals surface area contributed by atoms with Crippen molar-refractivity contribution in [1.29, 1.82) is 0 Å². The van der Waals surface area contributed by atoms with E-state index in [0.29, 0.717) is 27.0 Å². The molecule has 2 rings (SSSR count). The highest BCUT2D eigenvalue weighted by atomic mass is 35.5. The Morgan fingerprint density at radius 3 is 2.10 bits per heavy atom. The molecular formula is C21H20Cl2N2O5. The number of esters is 1.